The Morgan fingerprint density at radius 1 is 1.38 bits per heavy atom. The molecule has 0 spiro atoms. The summed E-state index contributed by atoms with van der Waals surface area (Å²) in [6, 6.07) is 4.39. The van der Waals surface area contributed by atoms with Gasteiger partial charge in [0.2, 0.25) is 5.91 Å². The van der Waals surface area contributed by atoms with Gasteiger partial charge in [-0.3, -0.25) is 14.4 Å². The molecule has 4 amide bonds. The van der Waals surface area contributed by atoms with Gasteiger partial charge in [0.1, 0.15) is 6.04 Å². The van der Waals surface area contributed by atoms with Crippen molar-refractivity contribution in [3.63, 3.8) is 0 Å². The lowest BCUT2D eigenvalue weighted by Crippen LogP contribution is -2.32. The molecule has 0 bridgehead atoms. The summed E-state index contributed by atoms with van der Waals surface area (Å²) in [4.78, 5) is 46.4. The molecule has 2 rings (SSSR count). The summed E-state index contributed by atoms with van der Waals surface area (Å²) in [5.41, 5.74) is 0.693. The summed E-state index contributed by atoms with van der Waals surface area (Å²) in [5.74, 6) is -2.10. The third-order valence-electron chi connectivity index (χ3n) is 2.82. The summed E-state index contributed by atoms with van der Waals surface area (Å²) in [6.45, 7) is 1.34. The van der Waals surface area contributed by atoms with Crippen molar-refractivity contribution in [3.8, 4) is 0 Å². The van der Waals surface area contributed by atoms with Crippen molar-refractivity contribution in [1.82, 2.24) is 5.32 Å². The van der Waals surface area contributed by atoms with Gasteiger partial charge in [0.15, 0.2) is 0 Å². The molecule has 0 saturated carbocycles. The monoisotopic (exact) mass is 291 g/mol. The Balaban J connectivity index is 2.25. The van der Waals surface area contributed by atoms with Crippen LogP contribution in [0.25, 0.3) is 0 Å². The molecule has 1 unspecified atom stereocenters. The summed E-state index contributed by atoms with van der Waals surface area (Å²) in [6.07, 6.45) is -0.480. The van der Waals surface area contributed by atoms with Gasteiger partial charge in [-0.2, -0.15) is 0 Å². The number of aliphatic carboxylic acids is 1. The third-order valence-corrected chi connectivity index (χ3v) is 2.82. The Kier molecular flexibility index (Phi) is 3.88. The van der Waals surface area contributed by atoms with Crippen LogP contribution in [0.1, 0.15) is 13.3 Å². The van der Waals surface area contributed by atoms with E-state index >= 15 is 0 Å². The van der Waals surface area contributed by atoms with E-state index in [0.29, 0.717) is 5.69 Å². The molecule has 3 N–H and O–H groups in total. The number of carboxylic acids is 1. The normalized spacial score (nSPS) is 17.6. The number of imide groups is 1. The molecule has 21 heavy (non-hydrogen) atoms. The zero-order valence-corrected chi connectivity index (χ0v) is 11.1. The fourth-order valence-electron chi connectivity index (χ4n) is 2.01. The summed E-state index contributed by atoms with van der Waals surface area (Å²) < 4.78 is 0. The quantitative estimate of drug-likeness (QED) is 0.700. The Bertz CT molecular complexity index is 628. The zero-order chi connectivity index (χ0) is 15.6. The lowest BCUT2D eigenvalue weighted by atomic mass is 10.2. The van der Waals surface area contributed by atoms with Gasteiger partial charge >= 0.3 is 12.0 Å². The highest BCUT2D eigenvalue weighted by molar-refractivity contribution is 6.22. The number of carboxylic acid groups (broad SMARTS) is 1. The summed E-state index contributed by atoms with van der Waals surface area (Å²) in [5, 5.41) is 13.6. The van der Waals surface area contributed by atoms with Crippen molar-refractivity contribution >= 4 is 35.2 Å². The van der Waals surface area contributed by atoms with E-state index in [1.54, 1.807) is 12.1 Å². The number of rotatable bonds is 4. The van der Waals surface area contributed by atoms with Crippen LogP contribution in [0.5, 0.6) is 0 Å². The van der Waals surface area contributed by atoms with Crippen LogP contribution in [0.3, 0.4) is 0 Å². The number of nitrogens with one attached hydrogen (secondary N) is 2. The van der Waals surface area contributed by atoms with Crippen molar-refractivity contribution in [3.05, 3.63) is 24.3 Å². The molecule has 1 fully saturated rings. The standard InChI is InChI=1S/C13H13N3O5/c1-7(17)14-8-3-2-4-9(5-8)16-12(20)10(6-11(18)19)15-13(16)21/h2-5,10H,6H2,1H3,(H,14,17)(H,15,21)(H,18,19). The minimum Gasteiger partial charge on any atom is -0.481 e. The van der Waals surface area contributed by atoms with Crippen molar-refractivity contribution in [2.75, 3.05) is 10.2 Å². The largest absolute Gasteiger partial charge is 0.481 e. The van der Waals surface area contributed by atoms with Crippen LogP contribution in [-0.2, 0) is 14.4 Å². The number of hydrogen-bond donors (Lipinski definition) is 3. The number of amides is 4. The second-order valence-electron chi connectivity index (χ2n) is 4.51. The predicted molar refractivity (Wildman–Crippen MR) is 72.8 cm³/mol. The molecule has 1 heterocycles. The Hall–Kier alpha value is -2.90. The number of nitrogens with zero attached hydrogens (tertiary/aromatic N) is 1. The van der Waals surface area contributed by atoms with E-state index in [1.165, 1.54) is 19.1 Å². The number of benzene rings is 1. The number of anilines is 2. The van der Waals surface area contributed by atoms with Crippen LogP contribution in [0.15, 0.2) is 24.3 Å². The van der Waals surface area contributed by atoms with Crippen molar-refractivity contribution < 1.29 is 24.3 Å². The van der Waals surface area contributed by atoms with Gasteiger partial charge < -0.3 is 15.7 Å². The highest BCUT2D eigenvalue weighted by atomic mass is 16.4. The maximum Gasteiger partial charge on any atom is 0.329 e. The average molecular weight is 291 g/mol. The number of carbonyl (C=O) groups excluding carboxylic acids is 3. The van der Waals surface area contributed by atoms with E-state index in [4.69, 9.17) is 5.11 Å². The van der Waals surface area contributed by atoms with Crippen molar-refractivity contribution in [2.45, 2.75) is 19.4 Å². The molecule has 1 aromatic carbocycles. The first kappa shape index (κ1) is 14.5. The number of hydrogen-bond acceptors (Lipinski definition) is 4. The van der Waals surface area contributed by atoms with Crippen molar-refractivity contribution in [1.29, 1.82) is 0 Å². The maximum absolute atomic E-state index is 12.1. The smallest absolute Gasteiger partial charge is 0.329 e. The molecule has 8 heteroatoms. The maximum atomic E-state index is 12.1. The second kappa shape index (κ2) is 5.61. The van der Waals surface area contributed by atoms with Gasteiger partial charge in [-0.05, 0) is 18.2 Å². The van der Waals surface area contributed by atoms with E-state index < -0.39 is 30.4 Å². The topological polar surface area (TPSA) is 116 Å². The average Bonchev–Trinajstić information content (AvgIpc) is 2.63. The highest BCUT2D eigenvalue weighted by Crippen LogP contribution is 2.23. The molecular formula is C13H13N3O5. The first-order valence-corrected chi connectivity index (χ1v) is 6.12. The van der Waals surface area contributed by atoms with Crippen LogP contribution in [0.2, 0.25) is 0 Å². The molecule has 1 atom stereocenters. The molecule has 1 aliphatic heterocycles. The molecule has 0 aromatic heterocycles. The number of carbonyl (C=O) groups is 4. The van der Waals surface area contributed by atoms with Gasteiger partial charge in [-0.15, -0.1) is 0 Å². The molecule has 0 aliphatic carbocycles. The fourth-order valence-corrected chi connectivity index (χ4v) is 2.01. The molecule has 1 aromatic rings. The second-order valence-corrected chi connectivity index (χ2v) is 4.51. The van der Waals surface area contributed by atoms with E-state index in [9.17, 15) is 19.2 Å². The van der Waals surface area contributed by atoms with Crippen LogP contribution < -0.4 is 15.5 Å². The van der Waals surface area contributed by atoms with E-state index in [1.807, 2.05) is 0 Å². The fraction of sp³-hybridized carbons (Fsp3) is 0.231. The molecule has 1 aliphatic rings. The Morgan fingerprint density at radius 3 is 2.71 bits per heavy atom. The summed E-state index contributed by atoms with van der Waals surface area (Å²) >= 11 is 0. The van der Waals surface area contributed by atoms with Crippen LogP contribution in [-0.4, -0.2) is 35.0 Å². The predicted octanol–water partition coefficient (Wildman–Crippen LogP) is 0.544. The Morgan fingerprint density at radius 2 is 2.10 bits per heavy atom. The minimum atomic E-state index is -1.18. The molecular weight excluding hydrogens is 278 g/mol. The molecule has 0 radical (unpaired) electrons. The number of urea groups is 1. The van der Waals surface area contributed by atoms with Gasteiger partial charge in [-0.1, -0.05) is 6.07 Å². The van der Waals surface area contributed by atoms with Crippen LogP contribution in [0.4, 0.5) is 16.2 Å². The SMILES string of the molecule is CC(=O)Nc1cccc(N2C(=O)NC(CC(=O)O)C2=O)c1. The highest BCUT2D eigenvalue weighted by Gasteiger charge is 2.40. The first-order valence-electron chi connectivity index (χ1n) is 6.12. The first-order chi connectivity index (χ1) is 9.88. The van der Waals surface area contributed by atoms with Gasteiger partial charge in [0, 0.05) is 12.6 Å². The van der Waals surface area contributed by atoms with Crippen LogP contribution in [0, 0.1) is 0 Å². The Labute approximate surface area is 119 Å². The minimum absolute atomic E-state index is 0.261. The van der Waals surface area contributed by atoms with Crippen molar-refractivity contribution in [2.24, 2.45) is 0 Å². The van der Waals surface area contributed by atoms with Gasteiger partial charge in [-0.25, -0.2) is 9.69 Å². The van der Waals surface area contributed by atoms with Gasteiger partial charge in [0.05, 0.1) is 12.1 Å². The molecule has 1 saturated heterocycles. The summed E-state index contributed by atoms with van der Waals surface area (Å²) in [7, 11) is 0. The lowest BCUT2D eigenvalue weighted by Gasteiger charge is -2.14. The van der Waals surface area contributed by atoms with Gasteiger partial charge in [0.25, 0.3) is 5.91 Å². The molecule has 110 valence electrons. The molecule has 8 nitrogen and oxygen atoms in total. The van der Waals surface area contributed by atoms with E-state index in [0.717, 1.165) is 4.90 Å². The van der Waals surface area contributed by atoms with Crippen LogP contribution >= 0.6 is 0 Å². The third kappa shape index (κ3) is 3.16. The zero-order valence-electron chi connectivity index (χ0n) is 11.1. The lowest BCUT2D eigenvalue weighted by molar-refractivity contribution is -0.139. The van der Waals surface area contributed by atoms with E-state index in [-0.39, 0.29) is 11.6 Å². The van der Waals surface area contributed by atoms with E-state index in [2.05, 4.69) is 10.6 Å².